The van der Waals surface area contributed by atoms with Gasteiger partial charge in [0.2, 0.25) is 5.91 Å². The fourth-order valence-corrected chi connectivity index (χ4v) is 5.39. The Kier molecular flexibility index (Phi) is 11.3. The molecule has 4 rings (SSSR count). The molecule has 0 heterocycles. The van der Waals surface area contributed by atoms with Crippen molar-refractivity contribution >= 4 is 70.1 Å². The zero-order valence-corrected chi connectivity index (χ0v) is 25.7. The number of hydrogen-bond donors (Lipinski definition) is 3. The maximum atomic E-state index is 13.5. The van der Waals surface area contributed by atoms with Crippen LogP contribution < -0.4 is 20.7 Å². The highest BCUT2D eigenvalue weighted by atomic mass is 35.5. The number of thioether (sulfide) groups is 1. The average molecular weight is 635 g/mol. The molecule has 7 nitrogen and oxygen atoms in total. The third kappa shape index (κ3) is 8.88. The summed E-state index contributed by atoms with van der Waals surface area (Å²) in [6.45, 7) is 1.92. The van der Waals surface area contributed by atoms with E-state index >= 15 is 0 Å². The predicted molar refractivity (Wildman–Crippen MR) is 175 cm³/mol. The summed E-state index contributed by atoms with van der Waals surface area (Å²) in [5.41, 5.74) is 1.95. The van der Waals surface area contributed by atoms with E-state index in [-0.39, 0.29) is 11.6 Å². The van der Waals surface area contributed by atoms with Crippen LogP contribution in [0.2, 0.25) is 10.0 Å². The van der Waals surface area contributed by atoms with Crippen molar-refractivity contribution in [3.63, 3.8) is 0 Å². The van der Waals surface area contributed by atoms with Gasteiger partial charge in [-0.2, -0.15) is 0 Å². The molecule has 0 bridgehead atoms. The summed E-state index contributed by atoms with van der Waals surface area (Å²) in [4.78, 5) is 40.3. The first-order valence-corrected chi connectivity index (χ1v) is 15.0. The van der Waals surface area contributed by atoms with Crippen LogP contribution in [0.25, 0.3) is 6.08 Å². The minimum absolute atomic E-state index is 0.0151. The number of hydrogen-bond acceptors (Lipinski definition) is 5. The van der Waals surface area contributed by atoms with Crippen LogP contribution in [0.15, 0.2) is 108 Å². The van der Waals surface area contributed by atoms with Crippen molar-refractivity contribution in [2.24, 2.45) is 0 Å². The third-order valence-electron chi connectivity index (χ3n) is 6.19. The molecular weight excluding hydrogens is 605 g/mol. The van der Waals surface area contributed by atoms with Crippen molar-refractivity contribution in [3.8, 4) is 5.75 Å². The number of rotatable bonds is 11. The van der Waals surface area contributed by atoms with Gasteiger partial charge in [0.1, 0.15) is 11.4 Å². The van der Waals surface area contributed by atoms with Gasteiger partial charge < -0.3 is 20.7 Å². The largest absolute Gasteiger partial charge is 0.495 e. The topological polar surface area (TPSA) is 96.5 Å². The second-order valence-electron chi connectivity index (χ2n) is 9.23. The lowest BCUT2D eigenvalue weighted by Gasteiger charge is -2.17. The minimum Gasteiger partial charge on any atom is -0.495 e. The molecule has 4 aromatic carbocycles. The Morgan fingerprint density at radius 3 is 2.35 bits per heavy atom. The summed E-state index contributed by atoms with van der Waals surface area (Å²) in [6, 6.07) is 27.7. The lowest BCUT2D eigenvalue weighted by molar-refractivity contribution is -0.116. The van der Waals surface area contributed by atoms with Crippen molar-refractivity contribution in [2.75, 3.05) is 17.7 Å². The van der Waals surface area contributed by atoms with Crippen molar-refractivity contribution in [3.05, 3.63) is 124 Å². The summed E-state index contributed by atoms with van der Waals surface area (Å²) < 4.78 is 5.34. The molecule has 220 valence electrons. The van der Waals surface area contributed by atoms with Crippen LogP contribution in [0.4, 0.5) is 11.4 Å². The molecule has 0 aliphatic carbocycles. The number of ether oxygens (including phenoxy) is 1. The van der Waals surface area contributed by atoms with Crippen LogP contribution >= 0.6 is 35.0 Å². The van der Waals surface area contributed by atoms with Crippen LogP contribution in [-0.2, 0) is 9.59 Å². The van der Waals surface area contributed by atoms with E-state index in [4.69, 9.17) is 27.9 Å². The van der Waals surface area contributed by atoms with Crippen LogP contribution in [0.1, 0.15) is 29.3 Å². The van der Waals surface area contributed by atoms with Gasteiger partial charge in [-0.05, 0) is 72.7 Å². The molecule has 0 aromatic heterocycles. The first-order chi connectivity index (χ1) is 20.8. The fraction of sp³-hybridized carbons (Fsp3) is 0.121. The van der Waals surface area contributed by atoms with Crippen LogP contribution in [0.5, 0.6) is 5.75 Å². The molecule has 0 saturated heterocycles. The van der Waals surface area contributed by atoms with Gasteiger partial charge in [-0.15, -0.1) is 11.8 Å². The second-order valence-corrected chi connectivity index (χ2v) is 11.4. The van der Waals surface area contributed by atoms with Crippen LogP contribution in [0, 0.1) is 0 Å². The number of benzene rings is 4. The molecule has 1 atom stereocenters. The zero-order valence-electron chi connectivity index (χ0n) is 23.4. The highest BCUT2D eigenvalue weighted by molar-refractivity contribution is 8.00. The van der Waals surface area contributed by atoms with Crippen molar-refractivity contribution in [2.45, 2.75) is 23.5 Å². The van der Waals surface area contributed by atoms with Crippen LogP contribution in [-0.4, -0.2) is 30.1 Å². The molecule has 4 aromatic rings. The number of carbonyl (C=O) groups is 3. The lowest BCUT2D eigenvalue weighted by Crippen LogP contribution is -2.30. The van der Waals surface area contributed by atoms with Gasteiger partial charge in [0.15, 0.2) is 0 Å². The summed E-state index contributed by atoms with van der Waals surface area (Å²) in [5.74, 6) is -0.686. The SMILES string of the molecule is CCC(Sc1cccc(NC(=O)/C(=C\c2ccccc2Cl)NC(=O)c2ccccc2)c1)C(=O)Nc1cc(Cl)ccc1OC. The second kappa shape index (κ2) is 15.3. The summed E-state index contributed by atoms with van der Waals surface area (Å²) >= 11 is 13.8. The number of methoxy groups -OCH3 is 1. The van der Waals surface area contributed by atoms with E-state index in [9.17, 15) is 14.4 Å². The Morgan fingerprint density at radius 1 is 0.884 bits per heavy atom. The maximum absolute atomic E-state index is 13.5. The number of halogens is 2. The first-order valence-electron chi connectivity index (χ1n) is 13.3. The molecule has 0 spiro atoms. The first kappa shape index (κ1) is 31.7. The van der Waals surface area contributed by atoms with Gasteiger partial charge in [0, 0.05) is 26.2 Å². The average Bonchev–Trinajstić information content (AvgIpc) is 3.01. The maximum Gasteiger partial charge on any atom is 0.272 e. The van der Waals surface area contributed by atoms with Crippen molar-refractivity contribution in [1.82, 2.24) is 5.32 Å². The normalized spacial score (nSPS) is 11.8. The van der Waals surface area contributed by atoms with E-state index in [0.717, 1.165) is 4.90 Å². The predicted octanol–water partition coefficient (Wildman–Crippen LogP) is 7.92. The van der Waals surface area contributed by atoms with Crippen molar-refractivity contribution < 1.29 is 19.1 Å². The highest BCUT2D eigenvalue weighted by Gasteiger charge is 2.21. The molecule has 1 unspecified atom stereocenters. The minimum atomic E-state index is -0.538. The van der Waals surface area contributed by atoms with E-state index in [1.807, 2.05) is 13.0 Å². The number of carbonyl (C=O) groups excluding carboxylic acids is 3. The van der Waals surface area contributed by atoms with Gasteiger partial charge >= 0.3 is 0 Å². The highest BCUT2D eigenvalue weighted by Crippen LogP contribution is 2.32. The number of anilines is 2. The van der Waals surface area contributed by atoms with E-state index in [1.165, 1.54) is 24.9 Å². The van der Waals surface area contributed by atoms with E-state index < -0.39 is 17.1 Å². The van der Waals surface area contributed by atoms with E-state index in [1.54, 1.807) is 91.0 Å². The molecule has 0 aliphatic heterocycles. The van der Waals surface area contributed by atoms with E-state index in [0.29, 0.717) is 44.7 Å². The van der Waals surface area contributed by atoms with Gasteiger partial charge in [0.25, 0.3) is 11.8 Å². The Morgan fingerprint density at radius 2 is 1.63 bits per heavy atom. The molecule has 3 amide bonds. The van der Waals surface area contributed by atoms with Gasteiger partial charge in [-0.25, -0.2) is 0 Å². The van der Waals surface area contributed by atoms with Gasteiger partial charge in [-0.3, -0.25) is 14.4 Å². The number of amides is 3. The zero-order chi connectivity index (χ0) is 30.8. The quantitative estimate of drug-likeness (QED) is 0.115. The van der Waals surface area contributed by atoms with Crippen molar-refractivity contribution in [1.29, 1.82) is 0 Å². The van der Waals surface area contributed by atoms with Gasteiger partial charge in [0.05, 0.1) is 18.0 Å². The molecule has 0 radical (unpaired) electrons. The number of nitrogens with one attached hydrogen (secondary N) is 3. The molecule has 0 aliphatic rings. The van der Waals surface area contributed by atoms with Gasteiger partial charge in [-0.1, -0.05) is 72.6 Å². The fourth-order valence-electron chi connectivity index (χ4n) is 4.01. The summed E-state index contributed by atoms with van der Waals surface area (Å²) in [5, 5.41) is 8.93. The Labute approximate surface area is 264 Å². The summed E-state index contributed by atoms with van der Waals surface area (Å²) in [7, 11) is 1.52. The van der Waals surface area contributed by atoms with E-state index in [2.05, 4.69) is 16.0 Å². The molecule has 0 saturated carbocycles. The molecule has 10 heteroatoms. The standard InChI is InChI=1S/C33H29Cl2N3O4S/c1-3-30(33(41)37-27-19-23(34)16-17-29(27)42-2)43-25-14-9-13-24(20-25)36-32(40)28(18-22-12-7-8-15-26(22)35)38-31(39)21-10-5-4-6-11-21/h4-20,30H,3H2,1-2H3,(H,36,40)(H,37,41)(H,38,39)/b28-18+. The van der Waals surface area contributed by atoms with Crippen LogP contribution in [0.3, 0.4) is 0 Å². The molecule has 0 fully saturated rings. The lowest BCUT2D eigenvalue weighted by atomic mass is 10.1. The summed E-state index contributed by atoms with van der Waals surface area (Å²) in [6.07, 6.45) is 2.07. The molecule has 3 N–H and O–H groups in total. The molecular formula is C33H29Cl2N3O4S. The Bertz CT molecular complexity index is 1650. The Balaban J connectivity index is 1.51. The smallest absolute Gasteiger partial charge is 0.272 e. The molecule has 43 heavy (non-hydrogen) atoms. The Hall–Kier alpha value is -4.24. The third-order valence-corrected chi connectivity index (χ3v) is 8.12. The monoisotopic (exact) mass is 633 g/mol.